The summed E-state index contributed by atoms with van der Waals surface area (Å²) >= 11 is 0. The highest BCUT2D eigenvalue weighted by Gasteiger charge is 2.80. The van der Waals surface area contributed by atoms with Gasteiger partial charge in [0.15, 0.2) is 11.6 Å². The Bertz CT molecular complexity index is 1770. The van der Waals surface area contributed by atoms with Gasteiger partial charge in [-0.05, 0) is 73.0 Å². The molecule has 8 nitrogen and oxygen atoms in total. The summed E-state index contributed by atoms with van der Waals surface area (Å²) in [6, 6.07) is 9.83. The first-order valence-corrected chi connectivity index (χ1v) is 19.0. The van der Waals surface area contributed by atoms with E-state index in [2.05, 4.69) is 13.8 Å². The first-order chi connectivity index (χ1) is 23.8. The maximum atomic E-state index is 15.5. The van der Waals surface area contributed by atoms with Gasteiger partial charge in [-0.3, -0.25) is 19.2 Å². The second kappa shape index (κ2) is 11.6. The maximum Gasteiger partial charge on any atom is 0.313 e. The highest BCUT2D eigenvalue weighted by molar-refractivity contribution is 6.03. The molecule has 0 heterocycles. The summed E-state index contributed by atoms with van der Waals surface area (Å²) in [7, 11) is 0. The summed E-state index contributed by atoms with van der Waals surface area (Å²) in [5, 5.41) is 47.2. The summed E-state index contributed by atoms with van der Waals surface area (Å²) < 4.78 is 0. The molecule has 1 aromatic carbocycles. The number of carboxylic acids is 1. The lowest BCUT2D eigenvalue weighted by Gasteiger charge is -2.69. The fourth-order valence-electron chi connectivity index (χ4n) is 12.9. The zero-order chi connectivity index (χ0) is 37.1. The molecule has 274 valence electrons. The summed E-state index contributed by atoms with van der Waals surface area (Å²) in [5.41, 5.74) is -4.57. The normalized spacial score (nSPS) is 43.6. The number of hydrogen-bond acceptors (Lipinski definition) is 7. The van der Waals surface area contributed by atoms with Gasteiger partial charge in [-0.15, -0.1) is 0 Å². The summed E-state index contributed by atoms with van der Waals surface area (Å²) in [4.78, 5) is 54.0. The average molecular weight is 699 g/mol. The van der Waals surface area contributed by atoms with E-state index in [1.165, 1.54) is 6.92 Å². The van der Waals surface area contributed by atoms with E-state index in [0.717, 1.165) is 18.4 Å². The van der Waals surface area contributed by atoms with Crippen LogP contribution in [0, 0.1) is 57.2 Å². The second-order valence-electron chi connectivity index (χ2n) is 18.1. The molecule has 0 radical (unpaired) electrons. The number of carboxylic acid groups (broad SMARTS) is 1. The van der Waals surface area contributed by atoms with Crippen molar-refractivity contribution in [2.24, 2.45) is 57.2 Å². The minimum Gasteiger partial charge on any atom is -0.481 e. The molecule has 4 N–H and O–H groups in total. The molecule has 3 saturated carbocycles. The van der Waals surface area contributed by atoms with E-state index in [4.69, 9.17) is 0 Å². The van der Waals surface area contributed by atoms with Gasteiger partial charge < -0.3 is 20.4 Å². The van der Waals surface area contributed by atoms with Crippen molar-refractivity contribution in [3.8, 4) is 0 Å². The molecule has 0 amide bonds. The molecule has 6 aliphatic carbocycles. The van der Waals surface area contributed by atoms with Crippen molar-refractivity contribution in [1.29, 1.82) is 0 Å². The number of Topliss-reactive ketones (excluding diaryl/α,β-unsaturated/α-hetero) is 3. The quantitative estimate of drug-likeness (QED) is 0.196. The van der Waals surface area contributed by atoms with Gasteiger partial charge in [0.1, 0.15) is 23.4 Å². The lowest BCUT2D eigenvalue weighted by molar-refractivity contribution is -0.170. The third-order valence-electron chi connectivity index (χ3n) is 15.6. The SMILES string of the molecule is C[C@H](C(=O)O)C(=O)[C@@H](O)C[C@@H]1CCCC[C@H]2C(=O)C3=C4[C@]5(C)[C@@]2(C)[C@@H]1C[C@@]5(O)C=C[C@@]4(O)[C@@H](C=Cc1ccccc1)C1C(C)(C)C(=O)CC[C@]31C. The smallest absolute Gasteiger partial charge is 0.313 e. The number of aliphatic carboxylic acids is 1. The highest BCUT2D eigenvalue weighted by atomic mass is 16.4. The molecular weight excluding hydrogens is 644 g/mol. The van der Waals surface area contributed by atoms with Gasteiger partial charge >= 0.3 is 5.97 Å². The molecule has 0 aliphatic heterocycles. The predicted octanol–water partition coefficient (Wildman–Crippen LogP) is 6.13. The van der Waals surface area contributed by atoms with Crippen LogP contribution in [0.4, 0.5) is 0 Å². The first kappa shape index (κ1) is 36.2. The zero-order valence-electron chi connectivity index (χ0n) is 30.8. The van der Waals surface area contributed by atoms with Gasteiger partial charge in [0, 0.05) is 40.1 Å². The lowest BCUT2D eigenvalue weighted by Crippen LogP contribution is -2.71. The molecule has 1 unspecified atom stereocenters. The van der Waals surface area contributed by atoms with Crippen LogP contribution >= 0.6 is 0 Å². The second-order valence-corrected chi connectivity index (χ2v) is 18.1. The lowest BCUT2D eigenvalue weighted by atomic mass is 9.34. The minimum absolute atomic E-state index is 0.00661. The first-order valence-electron chi connectivity index (χ1n) is 19.0. The topological polar surface area (TPSA) is 149 Å². The van der Waals surface area contributed by atoms with Crippen LogP contribution in [-0.2, 0) is 19.2 Å². The van der Waals surface area contributed by atoms with Crippen LogP contribution in [0.3, 0.4) is 0 Å². The highest BCUT2D eigenvalue weighted by Crippen LogP contribution is 2.80. The average Bonchev–Trinajstić information content (AvgIpc) is 3.26. The molecule has 1 aromatic rings. The maximum absolute atomic E-state index is 15.5. The summed E-state index contributed by atoms with van der Waals surface area (Å²) in [6.45, 7) is 11.4. The van der Waals surface area contributed by atoms with Crippen molar-refractivity contribution in [2.75, 3.05) is 0 Å². The molecule has 7 rings (SSSR count). The van der Waals surface area contributed by atoms with Crippen molar-refractivity contribution < 1.29 is 39.6 Å². The number of hydrogen-bond donors (Lipinski definition) is 4. The van der Waals surface area contributed by atoms with E-state index < -0.39 is 74.4 Å². The Morgan fingerprint density at radius 1 is 0.980 bits per heavy atom. The van der Waals surface area contributed by atoms with Crippen LogP contribution in [0.2, 0.25) is 0 Å². The largest absolute Gasteiger partial charge is 0.481 e. The van der Waals surface area contributed by atoms with E-state index in [9.17, 15) is 34.8 Å². The summed E-state index contributed by atoms with van der Waals surface area (Å²) in [6.07, 6.45) is 9.90. The fourth-order valence-corrected chi connectivity index (χ4v) is 12.9. The van der Waals surface area contributed by atoms with E-state index in [-0.39, 0.29) is 36.2 Å². The molecule has 6 aliphatic rings. The Kier molecular flexibility index (Phi) is 8.26. The molecule has 51 heavy (non-hydrogen) atoms. The fraction of sp³-hybridized carbons (Fsp3) is 0.628. The predicted molar refractivity (Wildman–Crippen MR) is 192 cm³/mol. The van der Waals surface area contributed by atoms with Crippen molar-refractivity contribution in [3.63, 3.8) is 0 Å². The van der Waals surface area contributed by atoms with Crippen LogP contribution in [-0.4, -0.2) is 61.1 Å². The number of aliphatic hydroxyl groups is 3. The third kappa shape index (κ3) is 4.61. The third-order valence-corrected chi connectivity index (χ3v) is 15.6. The Morgan fingerprint density at radius 3 is 2.31 bits per heavy atom. The Hall–Kier alpha value is -3.20. The standard InChI is InChI=1S/C43H54O8/c1-24(37(48)49)33(46)30(44)22-26-14-10-11-15-27-34(47)32-36-41(6)40(27,5)29(26)23-42(41,50)20-21-43(36,51)28(17-16-25-12-8-7-9-13-25)35-38(2,3)31(45)18-19-39(32,35)4/h7-9,12-13,16-17,20-21,24,26-30,35,44,50-51H,10-11,14-15,18-19,22-23H2,1-6H3,(H,48,49)/t24-,26-,27-,28-,29+,30-,35?,39+,40+,41+,42-,43+/m0/s1. The minimum atomic E-state index is -1.68. The zero-order valence-corrected chi connectivity index (χ0v) is 30.8. The molecular formula is C43H54O8. The van der Waals surface area contributed by atoms with Crippen LogP contribution in [0.5, 0.6) is 0 Å². The van der Waals surface area contributed by atoms with Crippen molar-refractivity contribution in [1.82, 2.24) is 0 Å². The van der Waals surface area contributed by atoms with Crippen LogP contribution in [0.15, 0.2) is 59.7 Å². The van der Waals surface area contributed by atoms with E-state index >= 15 is 4.79 Å². The Labute approximate surface area is 301 Å². The molecule has 3 fully saturated rings. The van der Waals surface area contributed by atoms with Crippen LogP contribution < -0.4 is 0 Å². The number of carbonyl (C=O) groups excluding carboxylic acids is 3. The number of carbonyl (C=O) groups is 4. The summed E-state index contributed by atoms with van der Waals surface area (Å²) in [5.74, 6) is -5.32. The van der Waals surface area contributed by atoms with Crippen molar-refractivity contribution in [2.45, 2.75) is 110 Å². The molecule has 8 heteroatoms. The van der Waals surface area contributed by atoms with Gasteiger partial charge in [-0.25, -0.2) is 0 Å². The number of benzene rings is 1. The van der Waals surface area contributed by atoms with Crippen molar-refractivity contribution in [3.05, 3.63) is 65.3 Å². The Balaban J connectivity index is 1.45. The molecule has 0 saturated heterocycles. The number of allylic oxidation sites excluding steroid dienone is 1. The van der Waals surface area contributed by atoms with E-state index in [1.807, 2.05) is 63.3 Å². The van der Waals surface area contributed by atoms with Gasteiger partial charge in [-0.1, -0.05) is 102 Å². The molecule has 0 bridgehead atoms. The Morgan fingerprint density at radius 2 is 1.65 bits per heavy atom. The van der Waals surface area contributed by atoms with Gasteiger partial charge in [0.25, 0.3) is 0 Å². The van der Waals surface area contributed by atoms with Crippen LogP contribution in [0.25, 0.3) is 6.08 Å². The number of rotatable bonds is 7. The number of aliphatic hydroxyl groups excluding tert-OH is 1. The molecule has 0 spiro atoms. The van der Waals surface area contributed by atoms with E-state index in [1.54, 1.807) is 12.2 Å². The van der Waals surface area contributed by atoms with E-state index in [0.29, 0.717) is 36.8 Å². The van der Waals surface area contributed by atoms with Crippen LogP contribution in [0.1, 0.15) is 98.5 Å². The number of fused-ring (bicyclic) bond motifs is 2. The molecule has 12 atom stereocenters. The van der Waals surface area contributed by atoms with Gasteiger partial charge in [0.2, 0.25) is 0 Å². The van der Waals surface area contributed by atoms with Gasteiger partial charge in [-0.2, -0.15) is 0 Å². The van der Waals surface area contributed by atoms with Gasteiger partial charge in [0.05, 0.1) is 5.60 Å². The monoisotopic (exact) mass is 698 g/mol. The molecule has 0 aromatic heterocycles. The number of ketones is 3. The van der Waals surface area contributed by atoms with Crippen molar-refractivity contribution >= 4 is 29.4 Å².